The predicted molar refractivity (Wildman–Crippen MR) is 197 cm³/mol. The fourth-order valence-electron chi connectivity index (χ4n) is 6.68. The van der Waals surface area contributed by atoms with Crippen molar-refractivity contribution in [1.82, 2.24) is 0 Å². The summed E-state index contributed by atoms with van der Waals surface area (Å²) in [7, 11) is 0. The number of nitrogen functional groups attached to an aromatic ring is 2. The first-order valence-corrected chi connectivity index (χ1v) is 15.6. The zero-order valence-electron chi connectivity index (χ0n) is 25.3. The molecule has 0 bridgehead atoms. The second kappa shape index (κ2) is 11.4. The largest absolute Gasteiger partial charge is 0.399 e. The first-order valence-electron chi connectivity index (χ1n) is 15.6. The van der Waals surface area contributed by atoms with Gasteiger partial charge < -0.3 is 11.5 Å². The summed E-state index contributed by atoms with van der Waals surface area (Å²) in [6, 6.07) is 60.0. The third kappa shape index (κ3) is 4.96. The average molecular weight is 589 g/mol. The second-order valence-corrected chi connectivity index (χ2v) is 11.8. The molecule has 0 aliphatic rings. The number of rotatable bonds is 5. The first kappa shape index (κ1) is 27.4. The van der Waals surface area contributed by atoms with Gasteiger partial charge in [-0.25, -0.2) is 0 Å². The lowest BCUT2D eigenvalue weighted by atomic mass is 9.87. The molecule has 0 aliphatic heterocycles. The van der Waals surface area contributed by atoms with Crippen LogP contribution in [0.3, 0.4) is 0 Å². The molecule has 0 aliphatic carbocycles. The molecule has 0 radical (unpaired) electrons. The Morgan fingerprint density at radius 1 is 0.261 bits per heavy atom. The number of anilines is 2. The van der Waals surface area contributed by atoms with Crippen LogP contribution in [0, 0.1) is 0 Å². The number of nitrogens with two attached hydrogens (primary N) is 2. The number of benzene rings is 8. The van der Waals surface area contributed by atoms with E-state index in [1.807, 2.05) is 12.1 Å². The number of hydrogen-bond acceptors (Lipinski definition) is 2. The van der Waals surface area contributed by atoms with Gasteiger partial charge in [0.2, 0.25) is 0 Å². The van der Waals surface area contributed by atoms with Crippen molar-refractivity contribution in [3.05, 3.63) is 170 Å². The average Bonchev–Trinajstić information content (AvgIpc) is 3.11. The van der Waals surface area contributed by atoms with Crippen molar-refractivity contribution < 1.29 is 0 Å². The van der Waals surface area contributed by atoms with Gasteiger partial charge in [0.15, 0.2) is 0 Å². The molecule has 2 heteroatoms. The molecule has 0 aromatic heterocycles. The van der Waals surface area contributed by atoms with E-state index in [2.05, 4.69) is 158 Å². The summed E-state index contributed by atoms with van der Waals surface area (Å²) in [6.07, 6.45) is 0. The Kier molecular flexibility index (Phi) is 6.81. The van der Waals surface area contributed by atoms with E-state index >= 15 is 0 Å². The van der Waals surface area contributed by atoms with Crippen LogP contribution in [-0.4, -0.2) is 0 Å². The van der Waals surface area contributed by atoms with Gasteiger partial charge >= 0.3 is 0 Å². The Morgan fingerprint density at radius 3 is 1.02 bits per heavy atom. The van der Waals surface area contributed by atoms with E-state index in [0.717, 1.165) is 44.8 Å². The fourth-order valence-corrected chi connectivity index (χ4v) is 6.68. The minimum absolute atomic E-state index is 0.730. The van der Waals surface area contributed by atoms with Crippen LogP contribution in [0.1, 0.15) is 0 Å². The van der Waals surface area contributed by atoms with Gasteiger partial charge in [-0.05, 0) is 101 Å². The lowest BCUT2D eigenvalue weighted by molar-refractivity contribution is 1.55. The van der Waals surface area contributed by atoms with E-state index in [1.54, 1.807) is 0 Å². The minimum atomic E-state index is 0.730. The van der Waals surface area contributed by atoms with Gasteiger partial charge in [-0.3, -0.25) is 0 Å². The van der Waals surface area contributed by atoms with Crippen LogP contribution in [0.2, 0.25) is 0 Å². The summed E-state index contributed by atoms with van der Waals surface area (Å²) in [5.74, 6) is 0. The molecule has 0 amide bonds. The summed E-state index contributed by atoms with van der Waals surface area (Å²) in [4.78, 5) is 0. The zero-order chi connectivity index (χ0) is 31.0. The van der Waals surface area contributed by atoms with Gasteiger partial charge in [0.25, 0.3) is 0 Å². The van der Waals surface area contributed by atoms with Crippen molar-refractivity contribution in [1.29, 1.82) is 0 Å². The molecule has 0 spiro atoms. The van der Waals surface area contributed by atoms with E-state index in [-0.39, 0.29) is 0 Å². The van der Waals surface area contributed by atoms with Crippen LogP contribution < -0.4 is 11.5 Å². The quantitative estimate of drug-likeness (QED) is 0.197. The van der Waals surface area contributed by atoms with Crippen LogP contribution >= 0.6 is 0 Å². The molecule has 0 saturated heterocycles. The van der Waals surface area contributed by atoms with Gasteiger partial charge in [-0.15, -0.1) is 0 Å². The summed E-state index contributed by atoms with van der Waals surface area (Å²) in [5, 5.41) is 4.98. The topological polar surface area (TPSA) is 52.0 Å². The second-order valence-electron chi connectivity index (χ2n) is 11.8. The molecule has 2 nitrogen and oxygen atoms in total. The molecule has 4 N–H and O–H groups in total. The van der Waals surface area contributed by atoms with Crippen LogP contribution in [0.5, 0.6) is 0 Å². The van der Waals surface area contributed by atoms with Crippen molar-refractivity contribution in [3.8, 4) is 55.6 Å². The maximum atomic E-state index is 6.39. The van der Waals surface area contributed by atoms with Crippen molar-refractivity contribution >= 4 is 32.9 Å². The lowest BCUT2D eigenvalue weighted by Gasteiger charge is -2.17. The molecular weight excluding hydrogens is 556 g/mol. The molecule has 0 atom stereocenters. The Labute approximate surface area is 269 Å². The monoisotopic (exact) mass is 588 g/mol. The fraction of sp³-hybridized carbons (Fsp3) is 0. The highest BCUT2D eigenvalue weighted by Gasteiger charge is 2.15. The molecule has 218 valence electrons. The van der Waals surface area contributed by atoms with E-state index in [4.69, 9.17) is 11.5 Å². The van der Waals surface area contributed by atoms with Crippen LogP contribution in [0.25, 0.3) is 77.2 Å². The van der Waals surface area contributed by atoms with Crippen molar-refractivity contribution in [2.75, 3.05) is 11.5 Å². The highest BCUT2D eigenvalue weighted by atomic mass is 14.5. The molecular formula is C44H32N2. The van der Waals surface area contributed by atoms with Crippen molar-refractivity contribution in [2.45, 2.75) is 0 Å². The van der Waals surface area contributed by atoms with Crippen molar-refractivity contribution in [2.24, 2.45) is 0 Å². The van der Waals surface area contributed by atoms with E-state index in [1.165, 1.54) is 43.8 Å². The third-order valence-corrected chi connectivity index (χ3v) is 8.97. The minimum Gasteiger partial charge on any atom is -0.399 e. The van der Waals surface area contributed by atoms with Gasteiger partial charge in [0, 0.05) is 11.4 Å². The van der Waals surface area contributed by atoms with E-state index in [9.17, 15) is 0 Å². The summed E-state index contributed by atoms with van der Waals surface area (Å²) in [6.45, 7) is 0. The third-order valence-electron chi connectivity index (χ3n) is 8.97. The molecule has 8 aromatic rings. The molecule has 0 heterocycles. The molecule has 0 saturated carbocycles. The van der Waals surface area contributed by atoms with E-state index in [0.29, 0.717) is 0 Å². The van der Waals surface area contributed by atoms with Crippen LogP contribution in [-0.2, 0) is 0 Å². The zero-order valence-corrected chi connectivity index (χ0v) is 25.3. The van der Waals surface area contributed by atoms with E-state index < -0.39 is 0 Å². The Balaban J connectivity index is 1.20. The Morgan fingerprint density at radius 2 is 0.609 bits per heavy atom. The molecule has 8 aromatic carbocycles. The van der Waals surface area contributed by atoms with Crippen LogP contribution in [0.15, 0.2) is 170 Å². The Bertz CT molecular complexity index is 2190. The standard InChI is InChI=1S/C44H32N2/c45-35-23-25-41(43(27-35)33-19-15-31(16-20-33)39-13-5-9-29-7-1-3-11-37(29)39)42-26-24-36(46)28-44(42)34-21-17-32(18-22-34)40-14-6-10-30-8-2-4-12-38(30)40/h1-28H,45-46H2. The predicted octanol–water partition coefficient (Wildman–Crippen LogP) is 11.5. The normalized spacial score (nSPS) is 11.2. The first-order chi connectivity index (χ1) is 22.6. The molecule has 8 rings (SSSR count). The SMILES string of the molecule is Nc1ccc(-c2ccc(N)cc2-c2ccc(-c3cccc4ccccc34)cc2)c(-c2ccc(-c3cccc4ccccc34)cc2)c1. The van der Waals surface area contributed by atoms with Crippen molar-refractivity contribution in [3.63, 3.8) is 0 Å². The van der Waals surface area contributed by atoms with Gasteiger partial charge in [0.05, 0.1) is 0 Å². The van der Waals surface area contributed by atoms with Gasteiger partial charge in [0.1, 0.15) is 0 Å². The number of fused-ring (bicyclic) bond motifs is 2. The highest BCUT2D eigenvalue weighted by Crippen LogP contribution is 2.41. The number of hydrogen-bond donors (Lipinski definition) is 2. The smallest absolute Gasteiger partial charge is 0.0320 e. The maximum absolute atomic E-state index is 6.39. The summed E-state index contributed by atoms with van der Waals surface area (Å²) < 4.78 is 0. The summed E-state index contributed by atoms with van der Waals surface area (Å²) >= 11 is 0. The molecule has 0 unspecified atom stereocenters. The maximum Gasteiger partial charge on any atom is 0.0320 e. The Hall–Kier alpha value is -6.12. The van der Waals surface area contributed by atoms with Gasteiger partial charge in [-0.2, -0.15) is 0 Å². The lowest BCUT2D eigenvalue weighted by Crippen LogP contribution is -1.94. The molecule has 46 heavy (non-hydrogen) atoms. The van der Waals surface area contributed by atoms with Gasteiger partial charge in [-0.1, -0.05) is 146 Å². The molecule has 0 fully saturated rings. The highest BCUT2D eigenvalue weighted by molar-refractivity contribution is 5.99. The summed E-state index contributed by atoms with van der Waals surface area (Å²) in [5.41, 5.74) is 25.7. The van der Waals surface area contributed by atoms with Crippen LogP contribution in [0.4, 0.5) is 11.4 Å².